The van der Waals surface area contributed by atoms with E-state index in [1.165, 1.54) is 38.5 Å². The third-order valence-corrected chi connectivity index (χ3v) is 4.50. The molecule has 0 aliphatic heterocycles. The van der Waals surface area contributed by atoms with Crippen LogP contribution < -0.4 is 5.32 Å². The number of nitrogens with zero attached hydrogens (tertiary/aromatic N) is 1. The van der Waals surface area contributed by atoms with Crippen LogP contribution in [0.4, 0.5) is 0 Å². The van der Waals surface area contributed by atoms with Crippen molar-refractivity contribution < 1.29 is 0 Å². The van der Waals surface area contributed by atoms with E-state index in [-0.39, 0.29) is 5.54 Å². The van der Waals surface area contributed by atoms with E-state index in [2.05, 4.69) is 44.6 Å². The summed E-state index contributed by atoms with van der Waals surface area (Å²) >= 11 is 0. The molecule has 0 radical (unpaired) electrons. The van der Waals surface area contributed by atoms with Gasteiger partial charge >= 0.3 is 0 Å². The Balaban J connectivity index is 2.56. The molecule has 1 aliphatic rings. The second-order valence-corrected chi connectivity index (χ2v) is 6.75. The van der Waals surface area contributed by atoms with Gasteiger partial charge in [-0.2, -0.15) is 0 Å². The summed E-state index contributed by atoms with van der Waals surface area (Å²) in [7, 11) is 2.14. The van der Waals surface area contributed by atoms with E-state index in [1.54, 1.807) is 0 Å². The molecule has 106 valence electrons. The molecule has 0 amide bonds. The van der Waals surface area contributed by atoms with Crippen molar-refractivity contribution >= 4 is 0 Å². The highest BCUT2D eigenvalue weighted by molar-refractivity contribution is 4.92. The molecule has 0 bridgehead atoms. The van der Waals surface area contributed by atoms with Gasteiger partial charge in [-0.3, -0.25) is 4.90 Å². The van der Waals surface area contributed by atoms with Gasteiger partial charge in [0.25, 0.3) is 0 Å². The Hall–Kier alpha value is -0.340. The van der Waals surface area contributed by atoms with Crippen molar-refractivity contribution in [2.75, 3.05) is 20.1 Å². The second kappa shape index (κ2) is 6.72. The Kier molecular flexibility index (Phi) is 5.87. The molecule has 0 aromatic heterocycles. The van der Waals surface area contributed by atoms with Crippen LogP contribution in [0.3, 0.4) is 0 Å². The van der Waals surface area contributed by atoms with Gasteiger partial charge in [-0.1, -0.05) is 25.3 Å². The minimum Gasteiger partial charge on any atom is -0.314 e. The molecule has 2 heteroatoms. The molecule has 18 heavy (non-hydrogen) atoms. The fourth-order valence-electron chi connectivity index (χ4n) is 3.06. The molecule has 0 heterocycles. The number of hydrogen-bond acceptors (Lipinski definition) is 2. The maximum absolute atomic E-state index is 3.89. The normalized spacial score (nSPS) is 20.1. The molecular weight excluding hydrogens is 220 g/mol. The van der Waals surface area contributed by atoms with Crippen LogP contribution >= 0.6 is 0 Å². The van der Waals surface area contributed by atoms with Crippen LogP contribution in [0, 0.1) is 0 Å². The second-order valence-electron chi connectivity index (χ2n) is 6.75. The van der Waals surface area contributed by atoms with Crippen molar-refractivity contribution in [2.45, 2.75) is 70.4 Å². The summed E-state index contributed by atoms with van der Waals surface area (Å²) in [6, 6.07) is 0. The fraction of sp³-hybridized carbons (Fsp3) is 0.875. The maximum Gasteiger partial charge on any atom is 0.0190 e. The zero-order chi connectivity index (χ0) is 13.6. The molecule has 1 rings (SSSR count). The minimum absolute atomic E-state index is 0.234. The smallest absolute Gasteiger partial charge is 0.0190 e. The predicted molar refractivity (Wildman–Crippen MR) is 81.0 cm³/mol. The zero-order valence-electron chi connectivity index (χ0n) is 12.9. The minimum atomic E-state index is 0.234. The fourth-order valence-corrected chi connectivity index (χ4v) is 3.06. The molecule has 1 fully saturated rings. The third kappa shape index (κ3) is 4.40. The van der Waals surface area contributed by atoms with Crippen LogP contribution in [0.5, 0.6) is 0 Å². The monoisotopic (exact) mass is 252 g/mol. The SMILES string of the molecule is C=CCN(CCC1(NC)CCCCC1)C(C)(C)C. The third-order valence-electron chi connectivity index (χ3n) is 4.50. The highest BCUT2D eigenvalue weighted by atomic mass is 15.2. The Bertz CT molecular complexity index is 246. The van der Waals surface area contributed by atoms with Gasteiger partial charge < -0.3 is 5.32 Å². The van der Waals surface area contributed by atoms with Gasteiger partial charge in [-0.05, 0) is 47.1 Å². The lowest BCUT2D eigenvalue weighted by Crippen LogP contribution is -2.50. The highest BCUT2D eigenvalue weighted by Crippen LogP contribution is 2.31. The average Bonchev–Trinajstić information content (AvgIpc) is 2.34. The standard InChI is InChI=1S/C16H32N2/c1-6-13-18(15(2,3)4)14-12-16(17-5)10-8-7-9-11-16/h6,17H,1,7-14H2,2-5H3. The topological polar surface area (TPSA) is 15.3 Å². The van der Waals surface area contributed by atoms with Crippen LogP contribution in [-0.2, 0) is 0 Å². The lowest BCUT2D eigenvalue weighted by molar-refractivity contribution is 0.121. The number of hydrogen-bond donors (Lipinski definition) is 1. The van der Waals surface area contributed by atoms with Crippen molar-refractivity contribution in [3.05, 3.63) is 12.7 Å². The maximum atomic E-state index is 3.89. The van der Waals surface area contributed by atoms with Gasteiger partial charge in [-0.25, -0.2) is 0 Å². The van der Waals surface area contributed by atoms with Crippen molar-refractivity contribution in [2.24, 2.45) is 0 Å². The van der Waals surface area contributed by atoms with Gasteiger partial charge in [0.15, 0.2) is 0 Å². The van der Waals surface area contributed by atoms with E-state index in [9.17, 15) is 0 Å². The van der Waals surface area contributed by atoms with E-state index in [0.717, 1.165) is 13.1 Å². The summed E-state index contributed by atoms with van der Waals surface area (Å²) in [6.07, 6.45) is 10.2. The molecule has 0 spiro atoms. The molecule has 1 aliphatic carbocycles. The summed E-state index contributed by atoms with van der Waals surface area (Å²) in [5.41, 5.74) is 0.626. The highest BCUT2D eigenvalue weighted by Gasteiger charge is 2.31. The summed E-state index contributed by atoms with van der Waals surface area (Å²) < 4.78 is 0. The Labute approximate surface area is 114 Å². The molecule has 0 unspecified atom stereocenters. The first-order valence-electron chi connectivity index (χ1n) is 7.48. The summed E-state index contributed by atoms with van der Waals surface area (Å²) in [5.74, 6) is 0. The van der Waals surface area contributed by atoms with E-state index in [0.29, 0.717) is 5.54 Å². The predicted octanol–water partition coefficient (Wildman–Crippen LogP) is 3.59. The quantitative estimate of drug-likeness (QED) is 0.727. The van der Waals surface area contributed by atoms with E-state index in [4.69, 9.17) is 0 Å². The molecule has 0 aromatic carbocycles. The molecule has 0 saturated heterocycles. The lowest BCUT2D eigenvalue weighted by atomic mass is 9.79. The van der Waals surface area contributed by atoms with Crippen LogP contribution in [0.2, 0.25) is 0 Å². The first kappa shape index (κ1) is 15.7. The van der Waals surface area contributed by atoms with E-state index in [1.807, 2.05) is 6.08 Å². The van der Waals surface area contributed by atoms with Gasteiger partial charge in [0.05, 0.1) is 0 Å². The molecule has 2 nitrogen and oxygen atoms in total. The van der Waals surface area contributed by atoms with Crippen molar-refractivity contribution in [3.8, 4) is 0 Å². The van der Waals surface area contributed by atoms with Crippen LogP contribution in [0.15, 0.2) is 12.7 Å². The molecule has 0 aromatic rings. The van der Waals surface area contributed by atoms with Gasteiger partial charge in [0.2, 0.25) is 0 Å². The Morgan fingerprint density at radius 2 is 1.83 bits per heavy atom. The van der Waals surface area contributed by atoms with Crippen LogP contribution in [-0.4, -0.2) is 36.1 Å². The van der Waals surface area contributed by atoms with Crippen molar-refractivity contribution in [1.82, 2.24) is 10.2 Å². The van der Waals surface area contributed by atoms with Crippen molar-refractivity contribution in [1.29, 1.82) is 0 Å². The summed E-state index contributed by atoms with van der Waals surface area (Å²) in [5, 5.41) is 3.61. The molecule has 1 N–H and O–H groups in total. The van der Waals surface area contributed by atoms with Crippen LogP contribution in [0.25, 0.3) is 0 Å². The first-order chi connectivity index (χ1) is 8.43. The average molecular weight is 252 g/mol. The van der Waals surface area contributed by atoms with Gasteiger partial charge in [0.1, 0.15) is 0 Å². The number of nitrogens with one attached hydrogen (secondary N) is 1. The Morgan fingerprint density at radius 1 is 1.22 bits per heavy atom. The summed E-state index contributed by atoms with van der Waals surface area (Å²) in [6.45, 7) is 12.9. The largest absolute Gasteiger partial charge is 0.314 e. The first-order valence-corrected chi connectivity index (χ1v) is 7.48. The number of rotatable bonds is 6. The Morgan fingerprint density at radius 3 is 2.28 bits per heavy atom. The van der Waals surface area contributed by atoms with Gasteiger partial charge in [0, 0.05) is 24.2 Å². The van der Waals surface area contributed by atoms with E-state index < -0.39 is 0 Å². The van der Waals surface area contributed by atoms with Gasteiger partial charge in [-0.15, -0.1) is 6.58 Å². The lowest BCUT2D eigenvalue weighted by Gasteiger charge is -2.41. The van der Waals surface area contributed by atoms with Crippen molar-refractivity contribution in [3.63, 3.8) is 0 Å². The van der Waals surface area contributed by atoms with E-state index >= 15 is 0 Å². The molecule has 1 saturated carbocycles. The zero-order valence-corrected chi connectivity index (χ0v) is 12.9. The van der Waals surface area contributed by atoms with Crippen LogP contribution in [0.1, 0.15) is 59.3 Å². The summed E-state index contributed by atoms with van der Waals surface area (Å²) in [4.78, 5) is 2.54. The molecule has 0 atom stereocenters. The molecular formula is C16H32N2.